The molecule has 3 nitrogen and oxygen atoms in total. The normalized spacial score (nSPS) is 16.7. The molecule has 3 aromatic rings. The van der Waals surface area contributed by atoms with Crippen molar-refractivity contribution < 1.29 is 13.1 Å². The van der Waals surface area contributed by atoms with E-state index in [0.717, 1.165) is 59.9 Å². The zero-order valence-electron chi connectivity index (χ0n) is 19.3. The molecule has 1 heterocycles. The molecule has 172 valence electrons. The van der Waals surface area contributed by atoms with Crippen molar-refractivity contribution in [3.8, 4) is 0 Å². The summed E-state index contributed by atoms with van der Waals surface area (Å²) in [5.74, 6) is 0. The summed E-state index contributed by atoms with van der Waals surface area (Å²) in [5, 5.41) is 0. The first-order valence-electron chi connectivity index (χ1n) is 11.1. The Morgan fingerprint density at radius 1 is 0.606 bits per heavy atom. The molecule has 0 fully saturated rings. The van der Waals surface area contributed by atoms with Crippen molar-refractivity contribution in [1.29, 1.82) is 0 Å². The van der Waals surface area contributed by atoms with Crippen LogP contribution in [-0.2, 0) is 26.0 Å². The van der Waals surface area contributed by atoms with Gasteiger partial charge in [0, 0.05) is 0 Å². The molecule has 0 saturated heterocycles. The van der Waals surface area contributed by atoms with Crippen molar-refractivity contribution >= 4 is 43.0 Å². The molecule has 0 N–H and O–H groups in total. The zero-order valence-corrected chi connectivity index (χ0v) is 21.9. The summed E-state index contributed by atoms with van der Waals surface area (Å²) in [7, 11) is 9.53. The number of aryl methyl sites for hydroxylation is 6. The van der Waals surface area contributed by atoms with E-state index in [0.29, 0.717) is 0 Å². The number of rotatable bonds is 2. The molecule has 5 rings (SSSR count). The number of aliphatic imine (C=N–C) groups is 2. The Kier molecular flexibility index (Phi) is 7.71. The van der Waals surface area contributed by atoms with Gasteiger partial charge >= 0.3 is 33.3 Å². The number of pyridine rings is 1. The zero-order chi connectivity index (χ0) is 23.5. The number of fused-ring (bicyclic) bond motifs is 2. The number of hydrogen-bond donors (Lipinski definition) is 0. The van der Waals surface area contributed by atoms with Crippen molar-refractivity contribution in [2.75, 3.05) is 0 Å². The van der Waals surface area contributed by atoms with Crippen LogP contribution in [0, 0.1) is 27.7 Å². The van der Waals surface area contributed by atoms with E-state index < -0.39 is 0 Å². The van der Waals surface area contributed by atoms with Gasteiger partial charge in [0.15, 0.2) is 0 Å². The average Bonchev–Trinajstić information content (AvgIpc) is 3.29. The molecule has 0 aliphatic heterocycles. The van der Waals surface area contributed by atoms with Gasteiger partial charge in [-0.2, -0.15) is 0 Å². The summed E-state index contributed by atoms with van der Waals surface area (Å²) in [5.41, 5.74) is 14.1. The van der Waals surface area contributed by atoms with Crippen LogP contribution in [0.5, 0.6) is 0 Å². The number of aromatic nitrogens is 1. The van der Waals surface area contributed by atoms with Gasteiger partial charge in [-0.05, 0) is 111 Å². The molecule has 0 bridgehead atoms. The maximum atomic E-state index is 5.12. The second-order valence-corrected chi connectivity index (χ2v) is 10.7. The Bertz CT molecular complexity index is 1130. The van der Waals surface area contributed by atoms with Crippen LogP contribution in [0.2, 0.25) is 0 Å². The van der Waals surface area contributed by atoms with Crippen molar-refractivity contribution in [2.45, 2.75) is 53.4 Å². The van der Waals surface area contributed by atoms with Crippen LogP contribution in [0.25, 0.3) is 0 Å². The monoisotopic (exact) mass is 519 g/mol. The van der Waals surface area contributed by atoms with E-state index in [2.05, 4.69) is 70.2 Å². The fourth-order valence-electron chi connectivity index (χ4n) is 4.79. The SMILES string of the molecule is Cc1cc(C)cc(N=C2CCc3cc4c(nc32)C(=Nc2cc(C)cc(C)c2)CC4)c1.[Cl][Fe][Cl]. The third-order valence-corrected chi connectivity index (χ3v) is 5.93. The van der Waals surface area contributed by atoms with E-state index in [1.54, 1.807) is 0 Å². The molecule has 0 amide bonds. The molecular formula is C27H27Cl2FeN3. The van der Waals surface area contributed by atoms with E-state index in [-0.39, 0.29) is 13.1 Å². The molecule has 0 unspecified atom stereocenters. The minimum absolute atomic E-state index is 0.194. The van der Waals surface area contributed by atoms with Gasteiger partial charge in [0.25, 0.3) is 0 Å². The molecule has 2 aromatic carbocycles. The molecule has 2 aliphatic rings. The Balaban J connectivity index is 0.000000821. The van der Waals surface area contributed by atoms with Gasteiger partial charge in [-0.15, -0.1) is 0 Å². The second kappa shape index (κ2) is 10.5. The number of benzene rings is 2. The fraction of sp³-hybridized carbons (Fsp3) is 0.296. The van der Waals surface area contributed by atoms with Gasteiger partial charge < -0.3 is 0 Å². The molecule has 0 atom stereocenters. The molecule has 0 saturated carbocycles. The number of nitrogens with zero attached hydrogens (tertiary/aromatic N) is 3. The summed E-state index contributed by atoms with van der Waals surface area (Å²) in [6.45, 7) is 8.50. The summed E-state index contributed by atoms with van der Waals surface area (Å²) in [6.07, 6.45) is 3.98. The van der Waals surface area contributed by atoms with Gasteiger partial charge in [0.2, 0.25) is 0 Å². The standard InChI is InChI=1S/C27H27N3.2ClH.Fe/c1-16-9-17(2)12-22(11-16)28-24-7-5-20-15-21-6-8-25(27(21)30-26(20)24)29-23-13-18(3)10-19(4)14-23;;;/h9-15H,5-8H2,1-4H3;2*1H;/q;;;+2/p-2. The summed E-state index contributed by atoms with van der Waals surface area (Å²) in [4.78, 5) is 15.1. The predicted molar refractivity (Wildman–Crippen MR) is 137 cm³/mol. The quantitative estimate of drug-likeness (QED) is 0.318. The van der Waals surface area contributed by atoms with E-state index >= 15 is 0 Å². The van der Waals surface area contributed by atoms with E-state index in [4.69, 9.17) is 35.2 Å². The minimum atomic E-state index is 0.194. The van der Waals surface area contributed by atoms with Crippen LogP contribution in [0.15, 0.2) is 52.4 Å². The summed E-state index contributed by atoms with van der Waals surface area (Å²) >= 11 is 0.194. The van der Waals surface area contributed by atoms with Crippen LogP contribution < -0.4 is 0 Å². The molecule has 6 heteroatoms. The van der Waals surface area contributed by atoms with Crippen molar-refractivity contribution in [2.24, 2.45) is 9.98 Å². The van der Waals surface area contributed by atoms with E-state index in [9.17, 15) is 0 Å². The molecule has 0 radical (unpaired) electrons. The first-order valence-corrected chi connectivity index (χ1v) is 14.1. The van der Waals surface area contributed by atoms with Gasteiger partial charge in [0.05, 0.1) is 34.2 Å². The Morgan fingerprint density at radius 3 is 1.33 bits per heavy atom. The molecule has 0 spiro atoms. The number of halogens is 2. The van der Waals surface area contributed by atoms with Crippen molar-refractivity contribution in [3.63, 3.8) is 0 Å². The summed E-state index contributed by atoms with van der Waals surface area (Å²) < 4.78 is 0. The third kappa shape index (κ3) is 5.75. The second-order valence-electron chi connectivity index (χ2n) is 8.86. The average molecular weight is 520 g/mol. The van der Waals surface area contributed by atoms with E-state index in [1.165, 1.54) is 33.4 Å². The first kappa shape index (κ1) is 24.2. The van der Waals surface area contributed by atoms with Crippen LogP contribution in [0.3, 0.4) is 0 Å². The summed E-state index contributed by atoms with van der Waals surface area (Å²) in [6, 6.07) is 15.3. The van der Waals surface area contributed by atoms with Gasteiger partial charge in [-0.25, -0.2) is 4.98 Å². The van der Waals surface area contributed by atoms with Crippen LogP contribution >= 0.6 is 20.2 Å². The fourth-order valence-corrected chi connectivity index (χ4v) is 4.79. The van der Waals surface area contributed by atoms with Crippen molar-refractivity contribution in [3.05, 3.63) is 87.2 Å². The van der Waals surface area contributed by atoms with Gasteiger partial charge in [0.1, 0.15) is 0 Å². The Hall–Kier alpha value is -1.97. The van der Waals surface area contributed by atoms with Gasteiger partial charge in [-0.1, -0.05) is 18.2 Å². The van der Waals surface area contributed by atoms with Crippen LogP contribution in [0.1, 0.15) is 57.6 Å². The molecule has 2 aliphatic carbocycles. The van der Waals surface area contributed by atoms with Crippen LogP contribution in [0.4, 0.5) is 11.4 Å². The molecule has 1 aromatic heterocycles. The number of hydrogen-bond acceptors (Lipinski definition) is 3. The predicted octanol–water partition coefficient (Wildman–Crippen LogP) is 7.83. The van der Waals surface area contributed by atoms with Gasteiger partial charge in [-0.3, -0.25) is 9.98 Å². The Morgan fingerprint density at radius 2 is 0.970 bits per heavy atom. The van der Waals surface area contributed by atoms with Crippen molar-refractivity contribution in [1.82, 2.24) is 4.98 Å². The van der Waals surface area contributed by atoms with E-state index in [1.807, 2.05) is 0 Å². The maximum absolute atomic E-state index is 5.12. The topological polar surface area (TPSA) is 37.6 Å². The first-order chi connectivity index (χ1) is 15.9. The van der Waals surface area contributed by atoms with Crippen LogP contribution in [-0.4, -0.2) is 16.4 Å². The Labute approximate surface area is 211 Å². The molecular weight excluding hydrogens is 493 g/mol. The third-order valence-electron chi connectivity index (χ3n) is 5.93. The molecule has 33 heavy (non-hydrogen) atoms.